The third-order valence-electron chi connectivity index (χ3n) is 4.86. The number of carbonyl (C=O) groups excluding carboxylic acids is 1. The average Bonchev–Trinajstić information content (AvgIpc) is 2.85. The van der Waals surface area contributed by atoms with Crippen LogP contribution in [0, 0.1) is 5.41 Å². The van der Waals surface area contributed by atoms with Crippen molar-refractivity contribution in [3.05, 3.63) is 0 Å². The molecule has 0 atom stereocenters. The maximum absolute atomic E-state index is 12.7. The molecule has 2 rings (SSSR count). The number of rotatable bonds is 3. The minimum absolute atomic E-state index is 0.0492. The lowest BCUT2D eigenvalue weighted by molar-refractivity contribution is -0.130. The predicted molar refractivity (Wildman–Crippen MR) is 73.9 cm³/mol. The second kappa shape index (κ2) is 5.39. The van der Waals surface area contributed by atoms with E-state index in [1.807, 2.05) is 0 Å². The third kappa shape index (κ3) is 2.69. The summed E-state index contributed by atoms with van der Waals surface area (Å²) >= 11 is 0. The molecular weight excluding hydrogens is 242 g/mol. The molecule has 19 heavy (non-hydrogen) atoms. The van der Waals surface area contributed by atoms with E-state index in [0.29, 0.717) is 12.8 Å². The zero-order chi connectivity index (χ0) is 13.9. The Kier molecular flexibility index (Phi) is 4.02. The number of carbonyl (C=O) groups is 1. The minimum Gasteiger partial charge on any atom is -0.409 e. The largest absolute Gasteiger partial charge is 0.409 e. The molecule has 108 valence electrons. The molecule has 2 aliphatic carbocycles. The number of nitrogens with one attached hydrogen (secondary N) is 1. The van der Waals surface area contributed by atoms with Gasteiger partial charge in [-0.1, -0.05) is 37.3 Å². The molecule has 0 aromatic rings. The summed E-state index contributed by atoms with van der Waals surface area (Å²) in [6.45, 7) is 2.10. The van der Waals surface area contributed by atoms with Crippen molar-refractivity contribution in [2.24, 2.45) is 16.3 Å². The van der Waals surface area contributed by atoms with Gasteiger partial charge in [0.25, 0.3) is 0 Å². The Morgan fingerprint density at radius 2 is 1.63 bits per heavy atom. The highest BCUT2D eigenvalue weighted by atomic mass is 16.4. The molecule has 0 spiro atoms. The van der Waals surface area contributed by atoms with Crippen LogP contribution < -0.4 is 11.1 Å². The first-order valence-electron chi connectivity index (χ1n) is 7.33. The van der Waals surface area contributed by atoms with Crippen molar-refractivity contribution in [1.82, 2.24) is 5.32 Å². The van der Waals surface area contributed by atoms with E-state index in [2.05, 4.69) is 17.4 Å². The summed E-state index contributed by atoms with van der Waals surface area (Å²) in [5, 5.41) is 15.3. The van der Waals surface area contributed by atoms with Crippen LogP contribution in [-0.4, -0.2) is 22.5 Å². The van der Waals surface area contributed by atoms with Gasteiger partial charge in [-0.05, 0) is 32.6 Å². The first-order chi connectivity index (χ1) is 9.02. The monoisotopic (exact) mass is 267 g/mol. The van der Waals surface area contributed by atoms with Crippen LogP contribution >= 0.6 is 0 Å². The van der Waals surface area contributed by atoms with Crippen LogP contribution in [-0.2, 0) is 4.79 Å². The molecule has 2 saturated carbocycles. The molecule has 2 aliphatic rings. The Morgan fingerprint density at radius 3 is 2.16 bits per heavy atom. The molecule has 0 aromatic heterocycles. The quantitative estimate of drug-likeness (QED) is 0.317. The highest BCUT2D eigenvalue weighted by Crippen LogP contribution is 2.38. The van der Waals surface area contributed by atoms with Gasteiger partial charge in [-0.15, -0.1) is 0 Å². The topological polar surface area (TPSA) is 87.7 Å². The van der Waals surface area contributed by atoms with Gasteiger partial charge < -0.3 is 16.3 Å². The molecule has 0 bridgehead atoms. The fourth-order valence-electron chi connectivity index (χ4n) is 3.52. The molecule has 0 heterocycles. The predicted octanol–water partition coefficient (Wildman–Crippen LogP) is 2.13. The van der Waals surface area contributed by atoms with Gasteiger partial charge in [-0.2, -0.15) is 0 Å². The summed E-state index contributed by atoms with van der Waals surface area (Å²) in [5.41, 5.74) is 4.93. The van der Waals surface area contributed by atoms with Gasteiger partial charge in [0.1, 0.15) is 5.41 Å². The lowest BCUT2D eigenvalue weighted by Gasteiger charge is -2.38. The Hall–Kier alpha value is -1.26. The van der Waals surface area contributed by atoms with E-state index in [0.717, 1.165) is 44.9 Å². The zero-order valence-corrected chi connectivity index (χ0v) is 11.7. The Morgan fingerprint density at radius 1 is 1.11 bits per heavy atom. The van der Waals surface area contributed by atoms with E-state index in [-0.39, 0.29) is 17.3 Å². The molecule has 2 fully saturated rings. The maximum Gasteiger partial charge on any atom is 0.234 e. The lowest BCUT2D eigenvalue weighted by atomic mass is 9.72. The van der Waals surface area contributed by atoms with E-state index < -0.39 is 5.41 Å². The smallest absolute Gasteiger partial charge is 0.234 e. The van der Waals surface area contributed by atoms with Gasteiger partial charge in [0.05, 0.1) is 0 Å². The van der Waals surface area contributed by atoms with Crippen LogP contribution in [0.25, 0.3) is 0 Å². The van der Waals surface area contributed by atoms with Crippen molar-refractivity contribution in [1.29, 1.82) is 0 Å². The fourth-order valence-corrected chi connectivity index (χ4v) is 3.52. The van der Waals surface area contributed by atoms with Gasteiger partial charge >= 0.3 is 0 Å². The summed E-state index contributed by atoms with van der Waals surface area (Å²) in [4.78, 5) is 12.7. The van der Waals surface area contributed by atoms with Crippen LogP contribution in [0.4, 0.5) is 0 Å². The maximum atomic E-state index is 12.7. The number of oxime groups is 1. The molecule has 1 amide bonds. The third-order valence-corrected chi connectivity index (χ3v) is 4.86. The molecule has 5 heteroatoms. The normalized spacial score (nSPS) is 26.1. The van der Waals surface area contributed by atoms with Crippen molar-refractivity contribution in [2.75, 3.05) is 0 Å². The van der Waals surface area contributed by atoms with Crippen molar-refractivity contribution in [3.63, 3.8) is 0 Å². The molecule has 0 aliphatic heterocycles. The molecule has 5 nitrogen and oxygen atoms in total. The fraction of sp³-hybridized carbons (Fsp3) is 0.857. The standard InChI is InChI=1S/C14H25N3O2/c1-13(7-5-6-8-13)16-12(18)14(11(15)17-19)9-3-2-4-10-14/h19H,2-10H2,1H3,(H2,15,17)(H,16,18). The number of nitrogens with zero attached hydrogens (tertiary/aromatic N) is 1. The van der Waals surface area contributed by atoms with E-state index in [9.17, 15) is 4.79 Å². The van der Waals surface area contributed by atoms with Gasteiger partial charge in [-0.3, -0.25) is 4.79 Å². The van der Waals surface area contributed by atoms with Crippen molar-refractivity contribution in [2.45, 2.75) is 70.3 Å². The van der Waals surface area contributed by atoms with Crippen molar-refractivity contribution < 1.29 is 10.0 Å². The second-order valence-electron chi connectivity index (χ2n) is 6.35. The van der Waals surface area contributed by atoms with E-state index in [4.69, 9.17) is 10.9 Å². The molecule has 4 N–H and O–H groups in total. The van der Waals surface area contributed by atoms with E-state index in [1.165, 1.54) is 0 Å². The highest BCUT2D eigenvalue weighted by molar-refractivity contribution is 6.07. The number of nitrogens with two attached hydrogens (primary N) is 1. The van der Waals surface area contributed by atoms with Crippen molar-refractivity contribution in [3.8, 4) is 0 Å². The Bertz CT molecular complexity index is 367. The molecule has 0 aromatic carbocycles. The van der Waals surface area contributed by atoms with Crippen LogP contribution in [0.15, 0.2) is 5.16 Å². The number of hydrogen-bond donors (Lipinski definition) is 3. The number of hydrogen-bond acceptors (Lipinski definition) is 3. The van der Waals surface area contributed by atoms with Gasteiger partial charge in [-0.25, -0.2) is 0 Å². The van der Waals surface area contributed by atoms with Crippen LogP contribution in [0.1, 0.15) is 64.7 Å². The highest BCUT2D eigenvalue weighted by Gasteiger charge is 2.46. The summed E-state index contributed by atoms with van der Waals surface area (Å²) < 4.78 is 0. The summed E-state index contributed by atoms with van der Waals surface area (Å²) in [5.74, 6) is 0.0261. The lowest BCUT2D eigenvalue weighted by Crippen LogP contribution is -2.56. The van der Waals surface area contributed by atoms with Crippen LogP contribution in [0.3, 0.4) is 0 Å². The minimum atomic E-state index is -0.793. The molecule has 0 radical (unpaired) electrons. The van der Waals surface area contributed by atoms with Crippen LogP contribution in [0.2, 0.25) is 0 Å². The van der Waals surface area contributed by atoms with Gasteiger partial charge in [0.2, 0.25) is 5.91 Å². The SMILES string of the molecule is CC1(NC(=O)C2(C(N)=NO)CCCCC2)CCCC1. The molecule has 0 saturated heterocycles. The molecular formula is C14H25N3O2. The van der Waals surface area contributed by atoms with E-state index >= 15 is 0 Å². The Labute approximate surface area is 114 Å². The van der Waals surface area contributed by atoms with E-state index in [1.54, 1.807) is 0 Å². The summed E-state index contributed by atoms with van der Waals surface area (Å²) in [7, 11) is 0. The zero-order valence-electron chi connectivity index (χ0n) is 11.7. The molecule has 0 unspecified atom stereocenters. The number of amides is 1. The summed E-state index contributed by atoms with van der Waals surface area (Å²) in [6.07, 6.45) is 8.76. The average molecular weight is 267 g/mol. The first kappa shape index (κ1) is 14.2. The number of amidine groups is 1. The second-order valence-corrected chi connectivity index (χ2v) is 6.35. The first-order valence-corrected chi connectivity index (χ1v) is 7.33. The Balaban J connectivity index is 2.16. The van der Waals surface area contributed by atoms with Crippen molar-refractivity contribution >= 4 is 11.7 Å². The van der Waals surface area contributed by atoms with Gasteiger partial charge in [0.15, 0.2) is 5.84 Å². The summed E-state index contributed by atoms with van der Waals surface area (Å²) in [6, 6.07) is 0. The van der Waals surface area contributed by atoms with Gasteiger partial charge in [0, 0.05) is 5.54 Å². The van der Waals surface area contributed by atoms with Crippen LogP contribution in [0.5, 0.6) is 0 Å².